The monoisotopic (exact) mass is 392 g/mol. The van der Waals surface area contributed by atoms with E-state index >= 15 is 0 Å². The lowest BCUT2D eigenvalue weighted by Crippen LogP contribution is -2.22. The lowest BCUT2D eigenvalue weighted by atomic mass is 10.2. The maximum absolute atomic E-state index is 12.2. The second kappa shape index (κ2) is 10.1. The van der Waals surface area contributed by atoms with Crippen molar-refractivity contribution in [3.8, 4) is 17.6 Å². The van der Waals surface area contributed by atoms with Gasteiger partial charge in [-0.2, -0.15) is 5.26 Å². The number of hydrogen-bond acceptors (Lipinski definition) is 6. The number of nitriles is 1. The van der Waals surface area contributed by atoms with E-state index in [0.29, 0.717) is 18.0 Å². The topological polar surface area (TPSA) is 87.5 Å². The third-order valence-electron chi connectivity index (χ3n) is 4.61. The molecule has 0 unspecified atom stereocenters. The van der Waals surface area contributed by atoms with Gasteiger partial charge in [-0.1, -0.05) is 6.07 Å². The zero-order valence-corrected chi connectivity index (χ0v) is 16.4. The van der Waals surface area contributed by atoms with Gasteiger partial charge in [0, 0.05) is 31.9 Å². The minimum absolute atomic E-state index is 0.0531. The van der Waals surface area contributed by atoms with Crippen molar-refractivity contribution < 1.29 is 14.3 Å². The van der Waals surface area contributed by atoms with Gasteiger partial charge in [0.2, 0.25) is 5.91 Å². The van der Waals surface area contributed by atoms with Gasteiger partial charge in [-0.15, -0.1) is 0 Å². The number of ether oxygens (including phenoxy) is 2. The first-order chi connectivity index (χ1) is 14.2. The van der Waals surface area contributed by atoms with Crippen LogP contribution in [0.5, 0.6) is 11.5 Å². The van der Waals surface area contributed by atoms with Gasteiger partial charge in [-0.3, -0.25) is 4.79 Å². The Labute approximate surface area is 170 Å². The normalized spacial score (nSPS) is 13.3. The molecular weight excluding hydrogens is 368 g/mol. The van der Waals surface area contributed by atoms with Gasteiger partial charge < -0.3 is 19.7 Å². The maximum atomic E-state index is 12.2. The second-order valence-electron chi connectivity index (χ2n) is 6.62. The summed E-state index contributed by atoms with van der Waals surface area (Å²) in [5, 5.41) is 11.5. The molecule has 1 aliphatic rings. The first-order valence-electron chi connectivity index (χ1n) is 9.53. The van der Waals surface area contributed by atoms with E-state index in [2.05, 4.69) is 15.2 Å². The number of nitrogens with one attached hydrogen (secondary N) is 1. The Bertz CT molecular complexity index is 915. The van der Waals surface area contributed by atoms with E-state index in [1.807, 2.05) is 18.2 Å². The predicted molar refractivity (Wildman–Crippen MR) is 111 cm³/mol. The minimum atomic E-state index is -0.187. The van der Waals surface area contributed by atoms with Gasteiger partial charge in [0.1, 0.15) is 11.9 Å². The molecule has 29 heavy (non-hydrogen) atoms. The van der Waals surface area contributed by atoms with Crippen LogP contribution in [0.15, 0.2) is 42.6 Å². The molecule has 1 saturated heterocycles. The highest BCUT2D eigenvalue weighted by Crippen LogP contribution is 2.28. The van der Waals surface area contributed by atoms with E-state index in [9.17, 15) is 4.79 Å². The van der Waals surface area contributed by atoms with Gasteiger partial charge in [0.05, 0.1) is 7.11 Å². The van der Waals surface area contributed by atoms with Crippen LogP contribution in [-0.4, -0.2) is 37.7 Å². The molecule has 3 rings (SSSR count). The van der Waals surface area contributed by atoms with Crippen molar-refractivity contribution in [2.75, 3.05) is 31.7 Å². The van der Waals surface area contributed by atoms with Crippen LogP contribution in [-0.2, 0) is 11.3 Å². The summed E-state index contributed by atoms with van der Waals surface area (Å²) in [6.07, 6.45) is 7.36. The molecule has 0 saturated carbocycles. The van der Waals surface area contributed by atoms with E-state index in [1.54, 1.807) is 30.5 Å². The van der Waals surface area contributed by atoms with E-state index in [0.717, 1.165) is 30.0 Å². The Hall–Kier alpha value is -3.53. The summed E-state index contributed by atoms with van der Waals surface area (Å²) in [6, 6.07) is 11.1. The number of hydrogen-bond donors (Lipinski definition) is 1. The summed E-state index contributed by atoms with van der Waals surface area (Å²) < 4.78 is 10.6. The van der Waals surface area contributed by atoms with E-state index in [-0.39, 0.29) is 12.5 Å². The minimum Gasteiger partial charge on any atom is -0.493 e. The Morgan fingerprint density at radius 1 is 1.28 bits per heavy atom. The first-order valence-corrected chi connectivity index (χ1v) is 9.53. The smallest absolute Gasteiger partial charge is 0.244 e. The molecule has 2 heterocycles. The molecule has 0 radical (unpaired) electrons. The molecule has 1 N–H and O–H groups in total. The molecule has 0 spiro atoms. The van der Waals surface area contributed by atoms with E-state index < -0.39 is 0 Å². The lowest BCUT2D eigenvalue weighted by Gasteiger charge is -2.16. The second-order valence-corrected chi connectivity index (χ2v) is 6.62. The van der Waals surface area contributed by atoms with Crippen LogP contribution in [0.4, 0.5) is 5.82 Å². The number of pyridine rings is 1. The summed E-state index contributed by atoms with van der Waals surface area (Å²) >= 11 is 0. The first kappa shape index (κ1) is 20.2. The fourth-order valence-corrected chi connectivity index (χ4v) is 3.13. The van der Waals surface area contributed by atoms with Crippen molar-refractivity contribution in [1.82, 2.24) is 10.3 Å². The van der Waals surface area contributed by atoms with Crippen molar-refractivity contribution >= 4 is 17.8 Å². The van der Waals surface area contributed by atoms with Gasteiger partial charge in [0.25, 0.3) is 0 Å². The van der Waals surface area contributed by atoms with Crippen molar-refractivity contribution in [2.45, 2.75) is 19.4 Å². The fraction of sp³-hybridized carbons (Fsp3) is 0.318. The highest BCUT2D eigenvalue weighted by molar-refractivity contribution is 5.91. The van der Waals surface area contributed by atoms with Gasteiger partial charge >= 0.3 is 0 Å². The lowest BCUT2D eigenvalue weighted by molar-refractivity contribution is -0.116. The number of aromatic nitrogens is 1. The Morgan fingerprint density at radius 2 is 2.10 bits per heavy atom. The molecule has 7 heteroatoms. The predicted octanol–water partition coefficient (Wildman–Crippen LogP) is 2.92. The highest BCUT2D eigenvalue weighted by Gasteiger charge is 2.13. The molecule has 2 aromatic rings. The Kier molecular flexibility index (Phi) is 7.06. The average molecular weight is 392 g/mol. The van der Waals surface area contributed by atoms with Crippen molar-refractivity contribution in [2.24, 2.45) is 0 Å². The van der Waals surface area contributed by atoms with Crippen LogP contribution in [0.2, 0.25) is 0 Å². The quantitative estimate of drug-likeness (QED) is 0.695. The summed E-state index contributed by atoms with van der Waals surface area (Å²) in [5.41, 5.74) is 1.81. The van der Waals surface area contributed by atoms with Gasteiger partial charge in [-0.25, -0.2) is 4.98 Å². The van der Waals surface area contributed by atoms with Crippen molar-refractivity contribution in [3.63, 3.8) is 0 Å². The van der Waals surface area contributed by atoms with Gasteiger partial charge in [-0.05, 0) is 54.3 Å². The van der Waals surface area contributed by atoms with Crippen LogP contribution < -0.4 is 19.7 Å². The molecule has 0 atom stereocenters. The van der Waals surface area contributed by atoms with Crippen LogP contribution in [0, 0.1) is 11.3 Å². The summed E-state index contributed by atoms with van der Waals surface area (Å²) in [4.78, 5) is 18.9. The van der Waals surface area contributed by atoms with Crippen LogP contribution >= 0.6 is 0 Å². The number of methoxy groups -OCH3 is 1. The summed E-state index contributed by atoms with van der Waals surface area (Å²) in [7, 11) is 1.53. The molecular formula is C22H24N4O3. The maximum Gasteiger partial charge on any atom is 0.244 e. The molecule has 150 valence electrons. The molecule has 1 aromatic carbocycles. The third-order valence-corrected chi connectivity index (χ3v) is 4.61. The van der Waals surface area contributed by atoms with Crippen molar-refractivity contribution in [3.05, 3.63) is 53.7 Å². The number of nitrogens with zero attached hydrogens (tertiary/aromatic N) is 3. The number of amides is 1. The van der Waals surface area contributed by atoms with E-state index in [1.165, 1.54) is 26.0 Å². The highest BCUT2D eigenvalue weighted by atomic mass is 16.5. The van der Waals surface area contributed by atoms with Crippen LogP contribution in [0.1, 0.15) is 24.0 Å². The molecule has 1 aromatic heterocycles. The van der Waals surface area contributed by atoms with Gasteiger partial charge in [0.15, 0.2) is 18.1 Å². The van der Waals surface area contributed by atoms with E-state index in [4.69, 9.17) is 14.7 Å². The standard InChI is InChI=1S/C22H24N4O3/c1-28-20-14-17(4-6-19(20)29-13-9-23)5-7-22(27)25-16-18-8-10-24-21(15-18)26-11-2-3-12-26/h4-8,10,14-15H,2-3,11-13,16H2,1H3,(H,25,27)/b7-5+. The molecule has 1 fully saturated rings. The molecule has 1 aliphatic heterocycles. The summed E-state index contributed by atoms with van der Waals surface area (Å²) in [5.74, 6) is 1.78. The molecule has 0 bridgehead atoms. The fourth-order valence-electron chi connectivity index (χ4n) is 3.13. The van der Waals surface area contributed by atoms with Crippen LogP contribution in [0.3, 0.4) is 0 Å². The van der Waals surface area contributed by atoms with Crippen LogP contribution in [0.25, 0.3) is 6.08 Å². The molecule has 1 amide bonds. The molecule has 0 aliphatic carbocycles. The number of benzene rings is 1. The number of anilines is 1. The Balaban J connectivity index is 1.56. The summed E-state index contributed by atoms with van der Waals surface area (Å²) in [6.45, 7) is 2.46. The number of carbonyl (C=O) groups is 1. The molecule has 7 nitrogen and oxygen atoms in total. The largest absolute Gasteiger partial charge is 0.493 e. The van der Waals surface area contributed by atoms with Crippen molar-refractivity contribution in [1.29, 1.82) is 5.26 Å². The Morgan fingerprint density at radius 3 is 2.86 bits per heavy atom. The third kappa shape index (κ3) is 5.72. The number of carbonyl (C=O) groups excluding carboxylic acids is 1. The average Bonchev–Trinajstić information content (AvgIpc) is 3.30. The zero-order valence-electron chi connectivity index (χ0n) is 16.4. The zero-order chi connectivity index (χ0) is 20.5. The SMILES string of the molecule is COc1cc(/C=C/C(=O)NCc2ccnc(N3CCCC3)c2)ccc1OCC#N. The number of rotatable bonds is 8.